The van der Waals surface area contributed by atoms with Crippen molar-refractivity contribution in [3.63, 3.8) is 0 Å². The monoisotopic (exact) mass is 391 g/mol. The topological polar surface area (TPSA) is 66.8 Å². The molecule has 2 aliphatic heterocycles. The molecular weight excluding hydrogens is 366 g/mol. The van der Waals surface area contributed by atoms with E-state index in [1.165, 1.54) is 5.56 Å². The number of carboxylic acid groups (broad SMARTS) is 1. The highest BCUT2D eigenvalue weighted by atomic mass is 16.5. The Morgan fingerprint density at radius 2 is 1.86 bits per heavy atom. The van der Waals surface area contributed by atoms with Crippen LogP contribution < -0.4 is 4.74 Å². The molecule has 5 heteroatoms. The van der Waals surface area contributed by atoms with Gasteiger partial charge < -0.3 is 14.7 Å². The van der Waals surface area contributed by atoms with Crippen molar-refractivity contribution < 1.29 is 19.4 Å². The smallest absolute Gasteiger partial charge is 0.304 e. The lowest BCUT2D eigenvalue weighted by molar-refractivity contribution is -0.137. The van der Waals surface area contributed by atoms with Gasteiger partial charge >= 0.3 is 5.97 Å². The van der Waals surface area contributed by atoms with E-state index in [1.54, 1.807) is 6.08 Å². The first-order valence-electron chi connectivity index (χ1n) is 10.0. The van der Waals surface area contributed by atoms with Gasteiger partial charge in [-0.25, -0.2) is 0 Å². The van der Waals surface area contributed by atoms with Crippen LogP contribution in [0.15, 0.2) is 54.6 Å². The zero-order valence-corrected chi connectivity index (χ0v) is 16.3. The van der Waals surface area contributed by atoms with Crippen LogP contribution in [0.3, 0.4) is 0 Å². The Kier molecular flexibility index (Phi) is 5.49. The fraction of sp³-hybridized carbons (Fsp3) is 0.333. The molecule has 0 unspecified atom stereocenters. The Morgan fingerprint density at radius 1 is 1.10 bits per heavy atom. The van der Waals surface area contributed by atoms with E-state index in [0.29, 0.717) is 18.7 Å². The predicted molar refractivity (Wildman–Crippen MR) is 111 cm³/mol. The third kappa shape index (κ3) is 4.25. The summed E-state index contributed by atoms with van der Waals surface area (Å²) in [5.74, 6) is 0.0194. The number of hydrogen-bond acceptors (Lipinski definition) is 4. The number of nitrogens with zero attached hydrogens (tertiary/aromatic N) is 1. The van der Waals surface area contributed by atoms with E-state index in [1.807, 2.05) is 54.6 Å². The number of allylic oxidation sites excluding steroid dienone is 1. The summed E-state index contributed by atoms with van der Waals surface area (Å²) in [6.45, 7) is 2.97. The van der Waals surface area contributed by atoms with Gasteiger partial charge in [-0.3, -0.25) is 9.59 Å². The maximum absolute atomic E-state index is 12.6. The molecule has 2 aliphatic rings. The van der Waals surface area contributed by atoms with E-state index in [2.05, 4.69) is 4.90 Å². The number of fused-ring (bicyclic) bond motifs is 2. The van der Waals surface area contributed by atoms with Gasteiger partial charge in [0, 0.05) is 23.1 Å². The molecule has 2 heterocycles. The molecule has 0 aliphatic carbocycles. The fourth-order valence-electron chi connectivity index (χ4n) is 4.23. The molecule has 5 nitrogen and oxygen atoms in total. The summed E-state index contributed by atoms with van der Waals surface area (Å²) in [6.07, 6.45) is 5.50. The molecule has 4 rings (SSSR count). The molecule has 2 aromatic rings. The van der Waals surface area contributed by atoms with Gasteiger partial charge in [0.2, 0.25) is 0 Å². The maximum Gasteiger partial charge on any atom is 0.304 e. The summed E-state index contributed by atoms with van der Waals surface area (Å²) in [5.41, 5.74) is 2.79. The average Bonchev–Trinajstić information content (AvgIpc) is 3.10. The summed E-state index contributed by atoms with van der Waals surface area (Å²) in [5, 5.41) is 8.87. The second-order valence-electron chi connectivity index (χ2n) is 7.87. The highest BCUT2D eigenvalue weighted by molar-refractivity contribution is 6.07. The van der Waals surface area contributed by atoms with Gasteiger partial charge in [-0.05, 0) is 43.6 Å². The third-order valence-electron chi connectivity index (χ3n) is 6.02. The standard InChI is InChI=1S/C24H25NO4/c26-21(9-6-18-4-2-1-3-5-18)19-7-8-20-22(16-19)29-17-24(20)11-14-25(15-12-24)13-10-23(27)28/h1-9,16H,10-15,17H2,(H,27,28)/b9-6+. The summed E-state index contributed by atoms with van der Waals surface area (Å²) in [6, 6.07) is 15.6. The van der Waals surface area contributed by atoms with Crippen LogP contribution >= 0.6 is 0 Å². The molecule has 2 aromatic carbocycles. The normalized spacial score (nSPS) is 17.9. The number of benzene rings is 2. The first kappa shape index (κ1) is 19.4. The van der Waals surface area contributed by atoms with Crippen LogP contribution in [0.25, 0.3) is 6.08 Å². The van der Waals surface area contributed by atoms with Gasteiger partial charge in [0.25, 0.3) is 0 Å². The lowest BCUT2D eigenvalue weighted by atomic mass is 9.74. The Bertz CT molecular complexity index is 927. The Labute approximate surface area is 170 Å². The maximum atomic E-state index is 12.6. The number of carbonyl (C=O) groups is 2. The minimum atomic E-state index is -0.752. The molecule has 1 N–H and O–H groups in total. The third-order valence-corrected chi connectivity index (χ3v) is 6.02. The van der Waals surface area contributed by atoms with Crippen LogP contribution in [-0.4, -0.2) is 48.0 Å². The van der Waals surface area contributed by atoms with Gasteiger partial charge in [0.15, 0.2) is 5.78 Å². The number of aliphatic carboxylic acids is 1. The molecule has 0 radical (unpaired) electrons. The first-order valence-corrected chi connectivity index (χ1v) is 10.0. The molecule has 0 amide bonds. The van der Waals surface area contributed by atoms with Gasteiger partial charge in [0.05, 0.1) is 13.0 Å². The molecular formula is C24H25NO4. The largest absolute Gasteiger partial charge is 0.492 e. The van der Waals surface area contributed by atoms with Crippen LogP contribution in [-0.2, 0) is 10.2 Å². The van der Waals surface area contributed by atoms with E-state index < -0.39 is 5.97 Å². The number of likely N-dealkylation sites (tertiary alicyclic amines) is 1. The molecule has 150 valence electrons. The lowest BCUT2D eigenvalue weighted by Gasteiger charge is -2.38. The number of piperidine rings is 1. The van der Waals surface area contributed by atoms with E-state index in [0.717, 1.165) is 37.2 Å². The Balaban J connectivity index is 1.44. The number of hydrogen-bond donors (Lipinski definition) is 1. The molecule has 29 heavy (non-hydrogen) atoms. The van der Waals surface area contributed by atoms with Crippen molar-refractivity contribution in [2.75, 3.05) is 26.2 Å². The van der Waals surface area contributed by atoms with Gasteiger partial charge in [-0.1, -0.05) is 48.5 Å². The zero-order valence-electron chi connectivity index (χ0n) is 16.3. The molecule has 1 saturated heterocycles. The molecule has 0 bridgehead atoms. The fourth-order valence-corrected chi connectivity index (χ4v) is 4.23. The minimum absolute atomic E-state index is 0.0173. The summed E-state index contributed by atoms with van der Waals surface area (Å²) >= 11 is 0. The zero-order chi connectivity index (χ0) is 20.3. The highest BCUT2D eigenvalue weighted by Crippen LogP contribution is 2.45. The number of ketones is 1. The van der Waals surface area contributed by atoms with Crippen molar-refractivity contribution in [2.24, 2.45) is 0 Å². The Hall–Kier alpha value is -2.92. The van der Waals surface area contributed by atoms with Crippen LogP contribution in [0, 0.1) is 0 Å². The second-order valence-corrected chi connectivity index (χ2v) is 7.87. The summed E-state index contributed by atoms with van der Waals surface area (Å²) in [4.78, 5) is 25.6. The molecule has 1 spiro atoms. The van der Waals surface area contributed by atoms with Crippen LogP contribution in [0.5, 0.6) is 5.75 Å². The molecule has 0 atom stereocenters. The number of carboxylic acids is 1. The molecule has 0 aromatic heterocycles. The van der Waals surface area contributed by atoms with Crippen molar-refractivity contribution in [3.8, 4) is 5.75 Å². The lowest BCUT2D eigenvalue weighted by Crippen LogP contribution is -2.44. The van der Waals surface area contributed by atoms with E-state index in [4.69, 9.17) is 9.84 Å². The van der Waals surface area contributed by atoms with Crippen molar-refractivity contribution in [3.05, 3.63) is 71.3 Å². The number of carbonyl (C=O) groups excluding carboxylic acids is 1. The van der Waals surface area contributed by atoms with Crippen molar-refractivity contribution >= 4 is 17.8 Å². The number of rotatable bonds is 6. The second kappa shape index (κ2) is 8.21. The first-order chi connectivity index (χ1) is 14.1. The van der Waals surface area contributed by atoms with E-state index >= 15 is 0 Å². The van der Waals surface area contributed by atoms with Gasteiger partial charge in [0.1, 0.15) is 5.75 Å². The van der Waals surface area contributed by atoms with Crippen molar-refractivity contribution in [1.29, 1.82) is 0 Å². The van der Waals surface area contributed by atoms with Gasteiger partial charge in [-0.15, -0.1) is 0 Å². The summed E-state index contributed by atoms with van der Waals surface area (Å²) < 4.78 is 5.99. The van der Waals surface area contributed by atoms with E-state index in [-0.39, 0.29) is 17.6 Å². The predicted octanol–water partition coefficient (Wildman–Crippen LogP) is 3.78. The molecule has 1 fully saturated rings. The summed E-state index contributed by atoms with van der Waals surface area (Å²) in [7, 11) is 0. The average molecular weight is 391 g/mol. The number of ether oxygens (including phenoxy) is 1. The minimum Gasteiger partial charge on any atom is -0.492 e. The Morgan fingerprint density at radius 3 is 2.59 bits per heavy atom. The molecule has 0 saturated carbocycles. The van der Waals surface area contributed by atoms with Crippen LogP contribution in [0.4, 0.5) is 0 Å². The van der Waals surface area contributed by atoms with Crippen molar-refractivity contribution in [2.45, 2.75) is 24.7 Å². The van der Waals surface area contributed by atoms with Gasteiger partial charge in [-0.2, -0.15) is 0 Å². The van der Waals surface area contributed by atoms with Crippen LogP contribution in [0.1, 0.15) is 40.7 Å². The van der Waals surface area contributed by atoms with Crippen LogP contribution in [0.2, 0.25) is 0 Å². The SMILES string of the molecule is O=C(O)CCN1CCC2(CC1)COc1cc(C(=O)/C=C/c3ccccc3)ccc12. The quantitative estimate of drug-likeness (QED) is 0.600. The van der Waals surface area contributed by atoms with E-state index in [9.17, 15) is 9.59 Å². The van der Waals surface area contributed by atoms with Crippen molar-refractivity contribution in [1.82, 2.24) is 4.90 Å². The highest BCUT2D eigenvalue weighted by Gasteiger charge is 2.43.